The number of carbonyl (C=O) groups is 3. The SMILES string of the molecule is C=Cc1cccc(C(C(=O)NCCCCC)N(CC)C(=O)CNC(=O)OC(C)(C)C)c1. The van der Waals surface area contributed by atoms with Crippen LogP contribution in [0.1, 0.15) is 71.0 Å². The normalized spacial score (nSPS) is 11.9. The minimum atomic E-state index is -0.806. The van der Waals surface area contributed by atoms with E-state index in [-0.39, 0.29) is 18.4 Å². The maximum atomic E-state index is 13.1. The molecule has 0 spiro atoms. The molecular formula is C24H37N3O4. The summed E-state index contributed by atoms with van der Waals surface area (Å²) in [6, 6.07) is 6.58. The molecule has 2 N–H and O–H groups in total. The number of amides is 3. The molecule has 0 saturated heterocycles. The lowest BCUT2D eigenvalue weighted by molar-refractivity contribution is -0.140. The van der Waals surface area contributed by atoms with Gasteiger partial charge in [0, 0.05) is 13.1 Å². The number of nitrogens with one attached hydrogen (secondary N) is 2. The molecular weight excluding hydrogens is 394 g/mol. The van der Waals surface area contributed by atoms with E-state index >= 15 is 0 Å². The molecule has 0 aromatic heterocycles. The number of benzene rings is 1. The van der Waals surface area contributed by atoms with Gasteiger partial charge in [-0.15, -0.1) is 0 Å². The molecule has 172 valence electrons. The standard InChI is InChI=1S/C24H37N3O4/c1-7-10-11-15-25-22(29)21(19-14-12-13-18(8-2)16-19)27(9-3)20(28)17-26-23(30)31-24(4,5)6/h8,12-14,16,21H,2,7,9-11,15,17H2,1,3-6H3,(H,25,29)(H,26,30). The number of likely N-dealkylation sites (N-methyl/N-ethyl adjacent to an activating group) is 1. The van der Waals surface area contributed by atoms with Crippen LogP contribution in [-0.2, 0) is 14.3 Å². The molecule has 0 aliphatic heterocycles. The Hall–Kier alpha value is -2.83. The van der Waals surface area contributed by atoms with E-state index < -0.39 is 17.7 Å². The fourth-order valence-electron chi connectivity index (χ4n) is 3.08. The van der Waals surface area contributed by atoms with Gasteiger partial charge in [-0.25, -0.2) is 4.79 Å². The highest BCUT2D eigenvalue weighted by Crippen LogP contribution is 2.23. The predicted molar refractivity (Wildman–Crippen MR) is 123 cm³/mol. The molecule has 1 rings (SSSR count). The second-order valence-electron chi connectivity index (χ2n) is 8.31. The van der Waals surface area contributed by atoms with Crippen molar-refractivity contribution >= 4 is 24.0 Å². The maximum Gasteiger partial charge on any atom is 0.408 e. The van der Waals surface area contributed by atoms with Gasteiger partial charge in [-0.2, -0.15) is 0 Å². The van der Waals surface area contributed by atoms with Gasteiger partial charge in [0.25, 0.3) is 0 Å². The predicted octanol–water partition coefficient (Wildman–Crippen LogP) is 4.05. The number of hydrogen-bond donors (Lipinski definition) is 2. The molecule has 0 fully saturated rings. The van der Waals surface area contributed by atoms with Gasteiger partial charge in [-0.05, 0) is 51.3 Å². The van der Waals surface area contributed by atoms with Crippen molar-refractivity contribution in [3.8, 4) is 0 Å². The van der Waals surface area contributed by atoms with Crippen LogP contribution in [0.3, 0.4) is 0 Å². The van der Waals surface area contributed by atoms with Crippen LogP contribution in [0.25, 0.3) is 6.08 Å². The zero-order valence-electron chi connectivity index (χ0n) is 19.5. The number of hydrogen-bond acceptors (Lipinski definition) is 4. The van der Waals surface area contributed by atoms with Crippen molar-refractivity contribution in [1.82, 2.24) is 15.5 Å². The van der Waals surface area contributed by atoms with E-state index in [1.54, 1.807) is 33.8 Å². The molecule has 3 amide bonds. The molecule has 1 unspecified atom stereocenters. The second kappa shape index (κ2) is 12.8. The summed E-state index contributed by atoms with van der Waals surface area (Å²) in [7, 11) is 0. The Bertz CT molecular complexity index is 755. The van der Waals surface area contributed by atoms with E-state index in [1.807, 2.05) is 24.3 Å². The maximum absolute atomic E-state index is 13.1. The van der Waals surface area contributed by atoms with E-state index in [9.17, 15) is 14.4 Å². The van der Waals surface area contributed by atoms with Gasteiger partial charge in [0.15, 0.2) is 0 Å². The molecule has 0 saturated carbocycles. The molecule has 31 heavy (non-hydrogen) atoms. The first kappa shape index (κ1) is 26.2. The van der Waals surface area contributed by atoms with Gasteiger partial charge in [-0.1, -0.05) is 50.6 Å². The Morgan fingerprint density at radius 3 is 2.45 bits per heavy atom. The molecule has 0 radical (unpaired) electrons. The zero-order chi connectivity index (χ0) is 23.4. The molecule has 0 heterocycles. The number of rotatable bonds is 11. The van der Waals surface area contributed by atoms with Crippen LogP contribution in [0, 0.1) is 0 Å². The summed E-state index contributed by atoms with van der Waals surface area (Å²) < 4.78 is 5.19. The summed E-state index contributed by atoms with van der Waals surface area (Å²) in [6.45, 7) is 13.5. The third-order valence-electron chi connectivity index (χ3n) is 4.55. The number of nitrogens with zero attached hydrogens (tertiary/aromatic N) is 1. The largest absolute Gasteiger partial charge is 0.444 e. The van der Waals surface area contributed by atoms with Gasteiger partial charge < -0.3 is 20.3 Å². The van der Waals surface area contributed by atoms with Gasteiger partial charge >= 0.3 is 6.09 Å². The van der Waals surface area contributed by atoms with Crippen molar-refractivity contribution < 1.29 is 19.1 Å². The summed E-state index contributed by atoms with van der Waals surface area (Å²) in [5, 5.41) is 5.43. The lowest BCUT2D eigenvalue weighted by atomic mass is 10.0. The molecule has 7 heteroatoms. The van der Waals surface area contributed by atoms with E-state index in [4.69, 9.17) is 4.74 Å². The van der Waals surface area contributed by atoms with Crippen molar-refractivity contribution in [2.75, 3.05) is 19.6 Å². The number of alkyl carbamates (subject to hydrolysis) is 1. The van der Waals surface area contributed by atoms with Crippen LogP contribution >= 0.6 is 0 Å². The molecule has 1 aromatic carbocycles. The molecule has 0 bridgehead atoms. The highest BCUT2D eigenvalue weighted by molar-refractivity contribution is 5.90. The van der Waals surface area contributed by atoms with Crippen molar-refractivity contribution in [2.45, 2.75) is 65.5 Å². The van der Waals surface area contributed by atoms with E-state index in [0.717, 1.165) is 24.8 Å². The van der Waals surface area contributed by atoms with Crippen LogP contribution in [0.4, 0.5) is 4.79 Å². The fourth-order valence-corrected chi connectivity index (χ4v) is 3.08. The third-order valence-corrected chi connectivity index (χ3v) is 4.55. The number of ether oxygens (including phenoxy) is 1. The second-order valence-corrected chi connectivity index (χ2v) is 8.31. The zero-order valence-corrected chi connectivity index (χ0v) is 19.5. The molecule has 0 aliphatic rings. The van der Waals surface area contributed by atoms with Crippen molar-refractivity contribution in [3.05, 3.63) is 42.0 Å². The minimum Gasteiger partial charge on any atom is -0.444 e. The van der Waals surface area contributed by atoms with E-state index in [2.05, 4.69) is 24.1 Å². The van der Waals surface area contributed by atoms with E-state index in [1.165, 1.54) is 4.90 Å². The van der Waals surface area contributed by atoms with Crippen molar-refractivity contribution in [2.24, 2.45) is 0 Å². The van der Waals surface area contributed by atoms with Crippen molar-refractivity contribution in [3.63, 3.8) is 0 Å². The molecule has 1 atom stereocenters. The van der Waals surface area contributed by atoms with Crippen LogP contribution in [-0.4, -0.2) is 48.0 Å². The Labute approximate surface area is 186 Å². The molecule has 7 nitrogen and oxygen atoms in total. The third kappa shape index (κ3) is 9.24. The average molecular weight is 432 g/mol. The van der Waals surface area contributed by atoms with Gasteiger partial charge in [0.1, 0.15) is 18.2 Å². The topological polar surface area (TPSA) is 87.7 Å². The van der Waals surface area contributed by atoms with Gasteiger partial charge in [-0.3, -0.25) is 9.59 Å². The van der Waals surface area contributed by atoms with Crippen LogP contribution in [0.2, 0.25) is 0 Å². The Balaban J connectivity index is 3.03. The van der Waals surface area contributed by atoms with E-state index in [0.29, 0.717) is 18.7 Å². The lowest BCUT2D eigenvalue weighted by Crippen LogP contribution is -2.47. The Morgan fingerprint density at radius 1 is 1.16 bits per heavy atom. The molecule has 0 aliphatic carbocycles. The van der Waals surface area contributed by atoms with Crippen LogP contribution in [0.5, 0.6) is 0 Å². The quantitative estimate of drug-likeness (QED) is 0.518. The monoisotopic (exact) mass is 431 g/mol. The highest BCUT2D eigenvalue weighted by Gasteiger charge is 2.30. The first-order valence-electron chi connectivity index (χ1n) is 10.9. The highest BCUT2D eigenvalue weighted by atomic mass is 16.6. The summed E-state index contributed by atoms with van der Waals surface area (Å²) in [6.07, 6.45) is 3.97. The summed E-state index contributed by atoms with van der Waals surface area (Å²) in [5.74, 6) is -0.615. The summed E-state index contributed by atoms with van der Waals surface area (Å²) in [4.78, 5) is 39.5. The summed E-state index contributed by atoms with van der Waals surface area (Å²) >= 11 is 0. The first-order chi connectivity index (χ1) is 14.6. The molecule has 1 aromatic rings. The summed E-state index contributed by atoms with van der Waals surface area (Å²) in [5.41, 5.74) is 0.887. The first-order valence-corrected chi connectivity index (χ1v) is 10.9. The van der Waals surface area contributed by atoms with Gasteiger partial charge in [0.05, 0.1) is 0 Å². The Morgan fingerprint density at radius 2 is 1.87 bits per heavy atom. The minimum absolute atomic E-state index is 0.246. The van der Waals surface area contributed by atoms with Crippen molar-refractivity contribution in [1.29, 1.82) is 0 Å². The van der Waals surface area contributed by atoms with Crippen LogP contribution in [0.15, 0.2) is 30.8 Å². The fraction of sp³-hybridized carbons (Fsp3) is 0.542. The number of carbonyl (C=O) groups excluding carboxylic acids is 3. The smallest absolute Gasteiger partial charge is 0.408 e. The van der Waals surface area contributed by atoms with Gasteiger partial charge in [0.2, 0.25) is 11.8 Å². The average Bonchev–Trinajstić information content (AvgIpc) is 2.71. The lowest BCUT2D eigenvalue weighted by Gasteiger charge is -2.31. The van der Waals surface area contributed by atoms with Crippen LogP contribution < -0.4 is 10.6 Å². The Kier molecular flexibility index (Phi) is 10.8. The number of unbranched alkanes of at least 4 members (excludes halogenated alkanes) is 2.